The number of aromatic nitrogens is 1. The van der Waals surface area contributed by atoms with E-state index < -0.39 is 11.7 Å². The van der Waals surface area contributed by atoms with Crippen molar-refractivity contribution in [2.45, 2.75) is 6.42 Å². The van der Waals surface area contributed by atoms with Crippen LogP contribution in [-0.2, 0) is 16.0 Å². The molecule has 1 N–H and O–H groups in total. The van der Waals surface area contributed by atoms with Crippen LogP contribution >= 0.6 is 17.0 Å². The predicted octanol–water partition coefficient (Wildman–Crippen LogP) is 0.723. The number of nitrogens with one attached hydrogen (secondary N) is 1. The first-order chi connectivity index (χ1) is 5.77. The third-order valence-corrected chi connectivity index (χ3v) is 1.76. The van der Waals surface area contributed by atoms with E-state index in [4.69, 9.17) is 0 Å². The van der Waals surface area contributed by atoms with E-state index in [0.717, 1.165) is 5.56 Å². The summed E-state index contributed by atoms with van der Waals surface area (Å²) in [5.74, 6) is -0.941. The van der Waals surface area contributed by atoms with Gasteiger partial charge in [-0.2, -0.15) is 0 Å². The second-order valence-corrected chi connectivity index (χ2v) is 2.59. The van der Waals surface area contributed by atoms with Gasteiger partial charge < -0.3 is 5.32 Å². The van der Waals surface area contributed by atoms with E-state index in [1.807, 2.05) is 0 Å². The molecule has 0 aliphatic carbocycles. The number of rotatable bonds is 0. The summed E-state index contributed by atoms with van der Waals surface area (Å²) >= 11 is 0. The first-order valence-electron chi connectivity index (χ1n) is 3.54. The number of pyridine rings is 1. The van der Waals surface area contributed by atoms with E-state index in [9.17, 15) is 9.59 Å². The normalized spacial score (nSPS) is 14.2. The van der Waals surface area contributed by atoms with Crippen LogP contribution in [0, 0.1) is 0 Å². The fourth-order valence-electron chi connectivity index (χ4n) is 1.14. The monoisotopic (exact) mass is 242 g/mol. The van der Waals surface area contributed by atoms with Crippen molar-refractivity contribution in [2.75, 3.05) is 5.32 Å². The van der Waals surface area contributed by atoms with Crippen LogP contribution in [0.3, 0.4) is 0 Å². The van der Waals surface area contributed by atoms with Gasteiger partial charge in [-0.05, 0) is 11.6 Å². The molecule has 5 heteroatoms. The Labute approximate surface area is 85.1 Å². The number of Topliss-reactive ketones (excluding diaryl/α,β-unsaturated/α-hetero) is 1. The molecule has 0 saturated heterocycles. The zero-order valence-corrected chi connectivity index (χ0v) is 8.32. The van der Waals surface area contributed by atoms with Gasteiger partial charge in [0.05, 0.1) is 11.9 Å². The number of carbonyl (C=O) groups excluding carboxylic acids is 2. The lowest BCUT2D eigenvalue weighted by Crippen LogP contribution is -2.29. The lowest BCUT2D eigenvalue weighted by Gasteiger charge is -2.13. The van der Waals surface area contributed by atoms with Crippen molar-refractivity contribution in [1.29, 1.82) is 0 Å². The number of anilines is 1. The summed E-state index contributed by atoms with van der Waals surface area (Å²) < 4.78 is 0. The van der Waals surface area contributed by atoms with Gasteiger partial charge in [0.15, 0.2) is 0 Å². The van der Waals surface area contributed by atoms with E-state index in [1.165, 1.54) is 0 Å². The summed E-state index contributed by atoms with van der Waals surface area (Å²) in [5.41, 5.74) is 1.47. The van der Waals surface area contributed by atoms with E-state index in [0.29, 0.717) is 5.69 Å². The third kappa shape index (κ3) is 1.75. The molecular formula is C8H7BrN2O2. The van der Waals surface area contributed by atoms with Crippen LogP contribution in [0.25, 0.3) is 0 Å². The van der Waals surface area contributed by atoms with Crippen LogP contribution in [0.5, 0.6) is 0 Å². The van der Waals surface area contributed by atoms with Gasteiger partial charge in [0, 0.05) is 12.6 Å². The molecule has 1 aliphatic heterocycles. The lowest BCUT2D eigenvalue weighted by molar-refractivity contribution is -0.134. The molecule has 0 fully saturated rings. The molecule has 0 unspecified atom stereocenters. The number of carbonyl (C=O) groups is 2. The summed E-state index contributed by atoms with van der Waals surface area (Å²) in [7, 11) is 0. The number of ketones is 1. The first-order valence-corrected chi connectivity index (χ1v) is 3.54. The predicted molar refractivity (Wildman–Crippen MR) is 51.9 cm³/mol. The molecule has 13 heavy (non-hydrogen) atoms. The highest BCUT2D eigenvalue weighted by Gasteiger charge is 2.22. The van der Waals surface area contributed by atoms with Gasteiger partial charge >= 0.3 is 0 Å². The quantitative estimate of drug-likeness (QED) is 0.683. The van der Waals surface area contributed by atoms with Gasteiger partial charge in [-0.25, -0.2) is 0 Å². The van der Waals surface area contributed by atoms with Crippen molar-refractivity contribution >= 4 is 34.4 Å². The number of nitrogens with zero attached hydrogens (tertiary/aromatic N) is 1. The van der Waals surface area contributed by atoms with Crippen molar-refractivity contribution in [3.63, 3.8) is 0 Å². The van der Waals surface area contributed by atoms with E-state index in [-0.39, 0.29) is 23.4 Å². The van der Waals surface area contributed by atoms with Crippen LogP contribution in [0.15, 0.2) is 18.5 Å². The molecule has 2 rings (SSSR count). The molecule has 1 amide bonds. The Bertz CT molecular complexity index is 330. The minimum Gasteiger partial charge on any atom is -0.318 e. The van der Waals surface area contributed by atoms with Gasteiger partial charge in [0.2, 0.25) is 5.78 Å². The molecule has 68 valence electrons. The van der Waals surface area contributed by atoms with Gasteiger partial charge in [-0.1, -0.05) is 0 Å². The molecule has 2 heterocycles. The highest BCUT2D eigenvalue weighted by Crippen LogP contribution is 2.18. The van der Waals surface area contributed by atoms with Crippen molar-refractivity contribution in [1.82, 2.24) is 4.98 Å². The first kappa shape index (κ1) is 9.85. The van der Waals surface area contributed by atoms with Crippen LogP contribution in [0.1, 0.15) is 5.56 Å². The fraction of sp³-hybridized carbons (Fsp3) is 0.125. The van der Waals surface area contributed by atoms with Crippen molar-refractivity contribution < 1.29 is 9.59 Å². The molecule has 1 aliphatic rings. The zero-order chi connectivity index (χ0) is 8.55. The number of amides is 1. The minimum absolute atomic E-state index is 0. The minimum atomic E-state index is -0.546. The summed E-state index contributed by atoms with van der Waals surface area (Å²) in [6.07, 6.45) is 3.33. The molecule has 1 aromatic rings. The van der Waals surface area contributed by atoms with Crippen LogP contribution in [-0.4, -0.2) is 16.7 Å². The number of fused-ring (bicyclic) bond motifs is 1. The van der Waals surface area contributed by atoms with Crippen LogP contribution in [0.4, 0.5) is 5.69 Å². The molecule has 1 aromatic heterocycles. The van der Waals surface area contributed by atoms with Gasteiger partial charge in [0.1, 0.15) is 0 Å². The molecule has 0 saturated carbocycles. The molecular weight excluding hydrogens is 236 g/mol. The average molecular weight is 243 g/mol. The molecule has 4 nitrogen and oxygen atoms in total. The SMILES string of the molecule is Br.O=C1Cc2ccncc2NC1=O. The maximum Gasteiger partial charge on any atom is 0.292 e. The van der Waals surface area contributed by atoms with Crippen molar-refractivity contribution in [2.24, 2.45) is 0 Å². The van der Waals surface area contributed by atoms with E-state index in [1.54, 1.807) is 18.5 Å². The van der Waals surface area contributed by atoms with Gasteiger partial charge in [-0.15, -0.1) is 17.0 Å². The summed E-state index contributed by atoms with van der Waals surface area (Å²) in [6.45, 7) is 0. The smallest absolute Gasteiger partial charge is 0.292 e. The Morgan fingerprint density at radius 2 is 2.15 bits per heavy atom. The van der Waals surface area contributed by atoms with E-state index in [2.05, 4.69) is 10.3 Å². The summed E-state index contributed by atoms with van der Waals surface area (Å²) in [6, 6.07) is 1.73. The Kier molecular flexibility index (Phi) is 2.77. The largest absolute Gasteiger partial charge is 0.318 e. The van der Waals surface area contributed by atoms with E-state index >= 15 is 0 Å². The lowest BCUT2D eigenvalue weighted by atomic mass is 10.0. The fourth-order valence-corrected chi connectivity index (χ4v) is 1.14. The van der Waals surface area contributed by atoms with Gasteiger partial charge in [0.25, 0.3) is 5.91 Å². The number of hydrogen-bond acceptors (Lipinski definition) is 3. The third-order valence-electron chi connectivity index (χ3n) is 1.76. The van der Waals surface area contributed by atoms with Gasteiger partial charge in [-0.3, -0.25) is 14.6 Å². The maximum atomic E-state index is 10.9. The highest BCUT2D eigenvalue weighted by atomic mass is 79.9. The number of hydrogen-bond donors (Lipinski definition) is 1. The molecule has 0 aromatic carbocycles. The molecule has 0 radical (unpaired) electrons. The second kappa shape index (κ2) is 3.66. The Morgan fingerprint density at radius 3 is 2.92 bits per heavy atom. The van der Waals surface area contributed by atoms with Crippen LogP contribution in [0.2, 0.25) is 0 Å². The summed E-state index contributed by atoms with van der Waals surface area (Å²) in [4.78, 5) is 25.6. The van der Waals surface area contributed by atoms with Crippen molar-refractivity contribution in [3.05, 3.63) is 24.0 Å². The Hall–Kier alpha value is -1.23. The topological polar surface area (TPSA) is 59.1 Å². The number of halogens is 1. The van der Waals surface area contributed by atoms with Crippen LogP contribution < -0.4 is 5.32 Å². The summed E-state index contributed by atoms with van der Waals surface area (Å²) in [5, 5.41) is 2.46. The average Bonchev–Trinajstić information content (AvgIpc) is 2.07. The Morgan fingerprint density at radius 1 is 1.38 bits per heavy atom. The maximum absolute atomic E-state index is 10.9. The molecule has 0 bridgehead atoms. The van der Waals surface area contributed by atoms with Crippen molar-refractivity contribution in [3.8, 4) is 0 Å². The zero-order valence-electron chi connectivity index (χ0n) is 6.61. The molecule has 0 spiro atoms. The molecule has 0 atom stereocenters. The Balaban J connectivity index is 0.000000845. The highest BCUT2D eigenvalue weighted by molar-refractivity contribution is 8.93. The second-order valence-electron chi connectivity index (χ2n) is 2.59. The standard InChI is InChI=1S/C8H6N2O2.BrH/c11-7-3-5-1-2-9-4-6(5)10-8(7)12;/h1-2,4H,3H2,(H,10,12);1H.